The Balaban J connectivity index is 3.16. The van der Waals surface area contributed by atoms with Crippen LogP contribution in [0.5, 0.6) is 0 Å². The second-order valence-electron chi connectivity index (χ2n) is 5.17. The van der Waals surface area contributed by atoms with Gasteiger partial charge in [0.25, 0.3) is 3.79 Å². The first-order valence-electron chi connectivity index (χ1n) is 7.72. The molecule has 0 amide bonds. The fourth-order valence-electron chi connectivity index (χ4n) is 2.01. The van der Waals surface area contributed by atoms with Crippen LogP contribution >= 0.6 is 34.8 Å². The number of rotatable bonds is 12. The summed E-state index contributed by atoms with van der Waals surface area (Å²) in [6.45, 7) is 2.58. The lowest BCUT2D eigenvalue weighted by Gasteiger charge is -2.10. The van der Waals surface area contributed by atoms with Crippen molar-refractivity contribution in [3.63, 3.8) is 0 Å². The number of alkyl halides is 3. The topological polar surface area (TPSA) is 26.3 Å². The second-order valence-corrected chi connectivity index (χ2v) is 7.45. The van der Waals surface area contributed by atoms with Crippen LogP contribution in [0.2, 0.25) is 0 Å². The summed E-state index contributed by atoms with van der Waals surface area (Å²) in [7, 11) is 0. The molecule has 0 aliphatic heterocycles. The minimum atomic E-state index is -1.95. The Hall–Kier alpha value is 0.340. The smallest absolute Gasteiger partial charge is 0.358 e. The lowest BCUT2D eigenvalue weighted by molar-refractivity contribution is -0.142. The number of carbonyl (C=O) groups is 1. The van der Waals surface area contributed by atoms with Crippen LogP contribution < -0.4 is 0 Å². The van der Waals surface area contributed by atoms with E-state index in [0.29, 0.717) is 6.61 Å². The Morgan fingerprint density at radius 2 is 1.20 bits per heavy atom. The van der Waals surface area contributed by atoms with Crippen LogP contribution in [0.4, 0.5) is 0 Å². The largest absolute Gasteiger partial charge is 0.463 e. The summed E-state index contributed by atoms with van der Waals surface area (Å²) < 4.78 is 2.91. The third-order valence-corrected chi connectivity index (χ3v) is 3.68. The summed E-state index contributed by atoms with van der Waals surface area (Å²) in [6, 6.07) is 0. The van der Waals surface area contributed by atoms with Crippen LogP contribution in [0, 0.1) is 0 Å². The highest BCUT2D eigenvalue weighted by Gasteiger charge is 2.32. The Morgan fingerprint density at radius 1 is 0.800 bits per heavy atom. The van der Waals surface area contributed by atoms with Gasteiger partial charge in [-0.3, -0.25) is 0 Å². The van der Waals surface area contributed by atoms with Crippen molar-refractivity contribution in [2.45, 2.75) is 81.3 Å². The third kappa shape index (κ3) is 13.3. The average Bonchev–Trinajstić information content (AvgIpc) is 2.38. The number of carbonyl (C=O) groups excluding carboxylic acids is 1. The molecule has 0 radical (unpaired) electrons. The molecule has 0 aromatic carbocycles. The van der Waals surface area contributed by atoms with E-state index in [1.165, 1.54) is 57.8 Å². The first kappa shape index (κ1) is 20.3. The number of ether oxygens (including phenoxy) is 1. The van der Waals surface area contributed by atoms with Gasteiger partial charge in [0.2, 0.25) is 0 Å². The Kier molecular flexibility index (Phi) is 13.3. The summed E-state index contributed by atoms with van der Waals surface area (Å²) in [5.41, 5.74) is 0. The van der Waals surface area contributed by atoms with Crippen molar-refractivity contribution in [2.75, 3.05) is 6.61 Å². The maximum atomic E-state index is 11.1. The third-order valence-electron chi connectivity index (χ3n) is 3.21. The van der Waals surface area contributed by atoms with Crippen molar-refractivity contribution in [3.05, 3.63) is 0 Å². The quantitative estimate of drug-likeness (QED) is 0.239. The molecule has 0 aromatic heterocycles. The number of halogens is 3. The first-order valence-corrected chi connectivity index (χ1v) is 8.85. The number of hydrogen-bond acceptors (Lipinski definition) is 2. The van der Waals surface area contributed by atoms with Gasteiger partial charge in [-0.1, -0.05) is 106 Å². The molecular weight excluding hydrogens is 319 g/mol. The Bertz CT molecular complexity index is 240. The van der Waals surface area contributed by atoms with E-state index in [1.807, 2.05) is 0 Å². The molecule has 0 bridgehead atoms. The zero-order valence-corrected chi connectivity index (χ0v) is 14.7. The molecule has 0 N–H and O–H groups in total. The summed E-state index contributed by atoms with van der Waals surface area (Å²) in [5, 5.41) is 0. The molecule has 20 heavy (non-hydrogen) atoms. The highest BCUT2D eigenvalue weighted by molar-refractivity contribution is 6.75. The number of hydrogen-bond donors (Lipinski definition) is 0. The van der Waals surface area contributed by atoms with Crippen molar-refractivity contribution in [2.24, 2.45) is 0 Å². The molecule has 0 rings (SSSR count). The molecule has 0 aromatic rings. The lowest BCUT2D eigenvalue weighted by atomic mass is 10.1. The van der Waals surface area contributed by atoms with E-state index in [-0.39, 0.29) is 0 Å². The molecule has 0 saturated carbocycles. The van der Waals surface area contributed by atoms with Crippen LogP contribution in [0.25, 0.3) is 0 Å². The van der Waals surface area contributed by atoms with Gasteiger partial charge in [0.1, 0.15) is 0 Å². The molecule has 0 saturated heterocycles. The molecule has 0 atom stereocenters. The van der Waals surface area contributed by atoms with Crippen molar-refractivity contribution in [1.29, 1.82) is 0 Å². The maximum Gasteiger partial charge on any atom is 0.358 e. The van der Waals surface area contributed by atoms with Crippen molar-refractivity contribution in [3.8, 4) is 0 Å². The van der Waals surface area contributed by atoms with E-state index < -0.39 is 9.76 Å². The Morgan fingerprint density at radius 3 is 1.60 bits per heavy atom. The molecule has 0 unspecified atom stereocenters. The van der Waals surface area contributed by atoms with Crippen LogP contribution in [0.1, 0.15) is 77.6 Å². The molecule has 5 heteroatoms. The van der Waals surface area contributed by atoms with Crippen LogP contribution in [0.3, 0.4) is 0 Å². The number of esters is 1. The summed E-state index contributed by atoms with van der Waals surface area (Å²) in [6.07, 6.45) is 13.8. The monoisotopic (exact) mass is 344 g/mol. The highest BCUT2D eigenvalue weighted by Crippen LogP contribution is 2.27. The van der Waals surface area contributed by atoms with Gasteiger partial charge in [0.05, 0.1) is 6.61 Å². The van der Waals surface area contributed by atoms with E-state index in [1.54, 1.807) is 0 Å². The van der Waals surface area contributed by atoms with Gasteiger partial charge in [-0.15, -0.1) is 0 Å². The average molecular weight is 346 g/mol. The minimum absolute atomic E-state index is 0.337. The zero-order chi connectivity index (χ0) is 15.3. The van der Waals surface area contributed by atoms with Gasteiger partial charge in [0, 0.05) is 0 Å². The summed E-state index contributed by atoms with van der Waals surface area (Å²) in [4.78, 5) is 11.1. The minimum Gasteiger partial charge on any atom is -0.463 e. The van der Waals surface area contributed by atoms with Crippen LogP contribution in [0.15, 0.2) is 0 Å². The molecule has 0 aliphatic rings. The van der Waals surface area contributed by atoms with E-state index in [9.17, 15) is 4.79 Å². The Labute approximate surface area is 138 Å². The van der Waals surface area contributed by atoms with Crippen molar-refractivity contribution in [1.82, 2.24) is 0 Å². The maximum absolute atomic E-state index is 11.1. The fraction of sp³-hybridized carbons (Fsp3) is 0.933. The van der Waals surface area contributed by atoms with E-state index in [2.05, 4.69) is 6.92 Å². The van der Waals surface area contributed by atoms with Crippen molar-refractivity contribution < 1.29 is 9.53 Å². The molecular formula is C15H27Cl3O2. The molecule has 0 fully saturated rings. The molecule has 0 heterocycles. The molecule has 2 nitrogen and oxygen atoms in total. The molecule has 120 valence electrons. The lowest BCUT2D eigenvalue weighted by Crippen LogP contribution is -2.22. The fourth-order valence-corrected chi connectivity index (χ4v) is 2.18. The first-order chi connectivity index (χ1) is 9.48. The van der Waals surface area contributed by atoms with Crippen LogP contribution in [-0.4, -0.2) is 16.4 Å². The van der Waals surface area contributed by atoms with Crippen molar-refractivity contribution >= 4 is 40.8 Å². The SMILES string of the molecule is CCCCCCCCCCCCCOC(=O)C(Cl)(Cl)Cl. The molecule has 0 aliphatic carbocycles. The van der Waals surface area contributed by atoms with Gasteiger partial charge >= 0.3 is 5.97 Å². The normalized spacial score (nSPS) is 11.6. The second kappa shape index (κ2) is 13.0. The highest BCUT2D eigenvalue weighted by atomic mass is 35.6. The van der Waals surface area contributed by atoms with Gasteiger partial charge in [-0.05, 0) is 6.42 Å². The van der Waals surface area contributed by atoms with E-state index >= 15 is 0 Å². The van der Waals surface area contributed by atoms with E-state index in [4.69, 9.17) is 39.5 Å². The predicted octanol–water partition coefficient (Wildman–Crippen LogP) is 6.21. The standard InChI is InChI=1S/C15H27Cl3O2/c1-2-3-4-5-6-7-8-9-10-11-12-13-20-14(19)15(16,17)18/h2-13H2,1H3. The van der Waals surface area contributed by atoms with Gasteiger partial charge in [-0.2, -0.15) is 0 Å². The van der Waals surface area contributed by atoms with Gasteiger partial charge < -0.3 is 4.74 Å². The predicted molar refractivity (Wildman–Crippen MR) is 87.7 cm³/mol. The van der Waals surface area contributed by atoms with Gasteiger partial charge in [0.15, 0.2) is 0 Å². The van der Waals surface area contributed by atoms with Crippen LogP contribution in [-0.2, 0) is 9.53 Å². The molecule has 0 spiro atoms. The number of unbranched alkanes of at least 4 members (excludes halogenated alkanes) is 10. The van der Waals surface area contributed by atoms with Gasteiger partial charge in [-0.25, -0.2) is 4.79 Å². The van der Waals surface area contributed by atoms with E-state index in [0.717, 1.165) is 12.8 Å². The summed E-state index contributed by atoms with van der Waals surface area (Å²) in [5.74, 6) is -0.783. The zero-order valence-electron chi connectivity index (χ0n) is 12.4. The summed E-state index contributed by atoms with van der Waals surface area (Å²) >= 11 is 16.1.